The molecule has 0 saturated carbocycles. The number of hydrogen-bond acceptors (Lipinski definition) is 5. The summed E-state index contributed by atoms with van der Waals surface area (Å²) >= 11 is 0. The smallest absolute Gasteiger partial charge is 0.241 e. The maximum atomic E-state index is 12.6. The van der Waals surface area contributed by atoms with Gasteiger partial charge in [-0.1, -0.05) is 0 Å². The number of ketones is 1. The fourth-order valence-electron chi connectivity index (χ4n) is 3.23. The summed E-state index contributed by atoms with van der Waals surface area (Å²) in [5, 5.41) is 12.3. The van der Waals surface area contributed by atoms with E-state index in [0.717, 1.165) is 31.9 Å². The van der Waals surface area contributed by atoms with Gasteiger partial charge in [-0.05, 0) is 62.4 Å². The van der Waals surface area contributed by atoms with Crippen molar-refractivity contribution in [3.05, 3.63) is 54.1 Å². The lowest BCUT2D eigenvalue weighted by Crippen LogP contribution is -2.52. The number of piperazine rings is 1. The van der Waals surface area contributed by atoms with Gasteiger partial charge in [0.25, 0.3) is 0 Å². The Morgan fingerprint density at radius 3 is 2.11 bits per heavy atom. The fraction of sp³-hybridized carbons (Fsp3) is 0.333. The van der Waals surface area contributed by atoms with Crippen molar-refractivity contribution in [1.82, 2.24) is 4.90 Å². The van der Waals surface area contributed by atoms with Crippen molar-refractivity contribution in [1.29, 1.82) is 0 Å². The zero-order chi connectivity index (χ0) is 19.4. The highest BCUT2D eigenvalue weighted by molar-refractivity contribution is 5.97. The maximum Gasteiger partial charge on any atom is 0.241 e. The zero-order valence-electron chi connectivity index (χ0n) is 15.7. The van der Waals surface area contributed by atoms with E-state index in [1.54, 1.807) is 36.4 Å². The topological polar surface area (TPSA) is 72.9 Å². The van der Waals surface area contributed by atoms with Crippen molar-refractivity contribution in [2.45, 2.75) is 19.9 Å². The van der Waals surface area contributed by atoms with Gasteiger partial charge in [0.05, 0.1) is 6.04 Å². The first-order valence-corrected chi connectivity index (χ1v) is 9.14. The lowest BCUT2D eigenvalue weighted by atomic mass is 10.1. The predicted octanol–water partition coefficient (Wildman–Crippen LogP) is 2.74. The van der Waals surface area contributed by atoms with Crippen LogP contribution in [0, 0.1) is 0 Å². The van der Waals surface area contributed by atoms with E-state index in [1.165, 1.54) is 6.92 Å². The largest absolute Gasteiger partial charge is 0.508 e. The molecule has 1 aliphatic rings. The van der Waals surface area contributed by atoms with Crippen molar-refractivity contribution in [3.8, 4) is 5.75 Å². The Labute approximate surface area is 159 Å². The first-order chi connectivity index (χ1) is 12.9. The maximum absolute atomic E-state index is 12.6. The molecule has 6 nitrogen and oxygen atoms in total. The molecule has 1 amide bonds. The number of hydrogen-bond donors (Lipinski definition) is 2. The average Bonchev–Trinajstić information content (AvgIpc) is 2.68. The number of rotatable bonds is 5. The standard InChI is InChI=1S/C21H25N3O3/c1-15(21(27)22-18-5-3-17(4-6-18)16(2)25)23-11-13-24(14-12-23)19-7-9-20(26)10-8-19/h3-10,15,26H,11-14H2,1-2H3,(H,22,27). The van der Waals surface area contributed by atoms with Crippen LogP contribution in [0.15, 0.2) is 48.5 Å². The summed E-state index contributed by atoms with van der Waals surface area (Å²) in [7, 11) is 0. The Hall–Kier alpha value is -2.86. The van der Waals surface area contributed by atoms with Crippen molar-refractivity contribution in [2.75, 3.05) is 36.4 Å². The summed E-state index contributed by atoms with van der Waals surface area (Å²) in [5.41, 5.74) is 2.40. The molecule has 3 rings (SSSR count). The number of nitrogens with one attached hydrogen (secondary N) is 1. The third-order valence-electron chi connectivity index (χ3n) is 5.02. The molecule has 1 saturated heterocycles. The third-order valence-corrected chi connectivity index (χ3v) is 5.02. The molecule has 0 spiro atoms. The highest BCUT2D eigenvalue weighted by Crippen LogP contribution is 2.20. The molecule has 2 aromatic rings. The van der Waals surface area contributed by atoms with Crippen LogP contribution in [-0.4, -0.2) is 53.9 Å². The summed E-state index contributed by atoms with van der Waals surface area (Å²) in [6.07, 6.45) is 0. The number of carbonyl (C=O) groups is 2. The quantitative estimate of drug-likeness (QED) is 0.795. The number of Topliss-reactive ketones (excluding diaryl/α,β-unsaturated/α-hetero) is 1. The lowest BCUT2D eigenvalue weighted by Gasteiger charge is -2.38. The Kier molecular flexibility index (Phi) is 5.76. The Bertz CT molecular complexity index is 794. The van der Waals surface area contributed by atoms with Crippen LogP contribution >= 0.6 is 0 Å². The van der Waals surface area contributed by atoms with Crippen LogP contribution in [0.25, 0.3) is 0 Å². The van der Waals surface area contributed by atoms with E-state index in [0.29, 0.717) is 11.3 Å². The van der Waals surface area contributed by atoms with E-state index in [4.69, 9.17) is 0 Å². The van der Waals surface area contributed by atoms with Gasteiger partial charge in [0.15, 0.2) is 5.78 Å². The van der Waals surface area contributed by atoms with E-state index >= 15 is 0 Å². The minimum Gasteiger partial charge on any atom is -0.508 e. The number of phenolic OH excluding ortho intramolecular Hbond substituents is 1. The molecule has 0 radical (unpaired) electrons. The van der Waals surface area contributed by atoms with Gasteiger partial charge in [-0.15, -0.1) is 0 Å². The summed E-state index contributed by atoms with van der Waals surface area (Å²) in [6.45, 7) is 6.67. The summed E-state index contributed by atoms with van der Waals surface area (Å²) in [5.74, 6) is 0.218. The molecule has 1 fully saturated rings. The summed E-state index contributed by atoms with van der Waals surface area (Å²) in [6, 6.07) is 13.9. The number of carbonyl (C=O) groups excluding carboxylic acids is 2. The van der Waals surface area contributed by atoms with E-state index in [9.17, 15) is 14.7 Å². The van der Waals surface area contributed by atoms with Crippen molar-refractivity contribution in [2.24, 2.45) is 0 Å². The molecule has 0 bridgehead atoms. The first kappa shape index (κ1) is 18.9. The van der Waals surface area contributed by atoms with Crippen molar-refractivity contribution in [3.63, 3.8) is 0 Å². The summed E-state index contributed by atoms with van der Waals surface area (Å²) in [4.78, 5) is 28.3. The highest BCUT2D eigenvalue weighted by atomic mass is 16.3. The van der Waals surface area contributed by atoms with Gasteiger partial charge in [-0.3, -0.25) is 14.5 Å². The fourth-order valence-corrected chi connectivity index (χ4v) is 3.23. The highest BCUT2D eigenvalue weighted by Gasteiger charge is 2.25. The SMILES string of the molecule is CC(=O)c1ccc(NC(=O)C(C)N2CCN(c3ccc(O)cc3)CC2)cc1. The number of anilines is 2. The molecular weight excluding hydrogens is 342 g/mol. The molecule has 6 heteroatoms. The van der Waals surface area contributed by atoms with Gasteiger partial charge in [0.2, 0.25) is 5.91 Å². The minimum absolute atomic E-state index is 0.00717. The molecule has 2 aromatic carbocycles. The molecule has 1 aliphatic heterocycles. The Morgan fingerprint density at radius 2 is 1.56 bits per heavy atom. The van der Waals surface area contributed by atoms with Gasteiger partial charge < -0.3 is 15.3 Å². The second kappa shape index (κ2) is 8.22. The molecule has 142 valence electrons. The van der Waals surface area contributed by atoms with Crippen LogP contribution < -0.4 is 10.2 Å². The second-order valence-corrected chi connectivity index (χ2v) is 6.84. The normalized spacial score (nSPS) is 16.0. The molecule has 1 heterocycles. The molecule has 1 atom stereocenters. The molecule has 27 heavy (non-hydrogen) atoms. The predicted molar refractivity (Wildman–Crippen MR) is 106 cm³/mol. The number of amides is 1. The van der Waals surface area contributed by atoms with Gasteiger partial charge >= 0.3 is 0 Å². The van der Waals surface area contributed by atoms with Crippen LogP contribution in [0.4, 0.5) is 11.4 Å². The van der Waals surface area contributed by atoms with E-state index in [-0.39, 0.29) is 23.5 Å². The van der Waals surface area contributed by atoms with Gasteiger partial charge in [-0.2, -0.15) is 0 Å². The number of phenols is 1. The minimum atomic E-state index is -0.237. The van der Waals surface area contributed by atoms with Crippen molar-refractivity contribution >= 4 is 23.1 Å². The van der Waals surface area contributed by atoms with Crippen LogP contribution in [0.3, 0.4) is 0 Å². The number of benzene rings is 2. The van der Waals surface area contributed by atoms with Gasteiger partial charge in [-0.25, -0.2) is 0 Å². The number of nitrogens with zero attached hydrogens (tertiary/aromatic N) is 2. The van der Waals surface area contributed by atoms with Crippen LogP contribution in [0.1, 0.15) is 24.2 Å². The van der Waals surface area contributed by atoms with Gasteiger partial charge in [0, 0.05) is 43.1 Å². The van der Waals surface area contributed by atoms with E-state index < -0.39 is 0 Å². The Morgan fingerprint density at radius 1 is 0.963 bits per heavy atom. The molecule has 2 N–H and O–H groups in total. The van der Waals surface area contributed by atoms with Crippen LogP contribution in [-0.2, 0) is 4.79 Å². The second-order valence-electron chi connectivity index (χ2n) is 6.84. The molecule has 0 aromatic heterocycles. The number of aromatic hydroxyl groups is 1. The van der Waals surface area contributed by atoms with Crippen LogP contribution in [0.5, 0.6) is 5.75 Å². The first-order valence-electron chi connectivity index (χ1n) is 9.14. The Balaban J connectivity index is 1.53. The average molecular weight is 367 g/mol. The molecule has 0 aliphatic carbocycles. The molecule has 1 unspecified atom stereocenters. The third kappa shape index (κ3) is 4.65. The molecular formula is C21H25N3O3. The van der Waals surface area contributed by atoms with E-state index in [2.05, 4.69) is 15.1 Å². The van der Waals surface area contributed by atoms with Gasteiger partial charge in [0.1, 0.15) is 5.75 Å². The lowest BCUT2D eigenvalue weighted by molar-refractivity contribution is -0.120. The monoisotopic (exact) mass is 367 g/mol. The summed E-state index contributed by atoms with van der Waals surface area (Å²) < 4.78 is 0. The van der Waals surface area contributed by atoms with Crippen LogP contribution in [0.2, 0.25) is 0 Å². The van der Waals surface area contributed by atoms with Crippen molar-refractivity contribution < 1.29 is 14.7 Å². The van der Waals surface area contributed by atoms with E-state index in [1.807, 2.05) is 19.1 Å². The zero-order valence-corrected chi connectivity index (χ0v) is 15.7.